The Labute approximate surface area is 81.5 Å². The highest BCUT2D eigenvalue weighted by Gasteiger charge is 2.14. The number of nitrogen functional groups attached to an aromatic ring is 1. The summed E-state index contributed by atoms with van der Waals surface area (Å²) in [4.78, 5) is 14.7. The molecule has 0 saturated heterocycles. The largest absolute Gasteiger partial charge is 0.477 e. The van der Waals surface area contributed by atoms with Gasteiger partial charge in [0.15, 0.2) is 0 Å². The van der Waals surface area contributed by atoms with Gasteiger partial charge in [0.05, 0.1) is 18.0 Å². The molecule has 5 heteroatoms. The van der Waals surface area contributed by atoms with Crippen molar-refractivity contribution in [2.45, 2.75) is 13.8 Å². The predicted molar refractivity (Wildman–Crippen MR) is 51.5 cm³/mol. The van der Waals surface area contributed by atoms with E-state index < -0.39 is 5.97 Å². The number of rotatable bonds is 3. The highest BCUT2D eigenvalue weighted by atomic mass is 16.5. The Balaban J connectivity index is 3.24. The maximum atomic E-state index is 10.8. The Morgan fingerprint density at radius 3 is 2.86 bits per heavy atom. The number of nitrogens with zero attached hydrogens (tertiary/aromatic N) is 1. The summed E-state index contributed by atoms with van der Waals surface area (Å²) in [5, 5.41) is 8.83. The number of pyridine rings is 1. The summed E-state index contributed by atoms with van der Waals surface area (Å²) in [5.74, 6) is -0.973. The highest BCUT2D eigenvalue weighted by molar-refractivity contribution is 5.91. The van der Waals surface area contributed by atoms with Crippen LogP contribution in [-0.4, -0.2) is 22.7 Å². The first kappa shape index (κ1) is 10.3. The molecule has 0 aliphatic heterocycles. The van der Waals surface area contributed by atoms with Gasteiger partial charge in [-0.2, -0.15) is 0 Å². The number of carbonyl (C=O) groups is 1. The third-order valence-electron chi connectivity index (χ3n) is 1.73. The van der Waals surface area contributed by atoms with Crippen molar-refractivity contribution in [2.75, 3.05) is 12.3 Å². The van der Waals surface area contributed by atoms with Gasteiger partial charge in [-0.05, 0) is 19.9 Å². The topological polar surface area (TPSA) is 85.4 Å². The summed E-state index contributed by atoms with van der Waals surface area (Å²) in [6.07, 6.45) is 0. The Morgan fingerprint density at radius 2 is 2.36 bits per heavy atom. The van der Waals surface area contributed by atoms with Crippen LogP contribution in [0, 0.1) is 6.92 Å². The zero-order valence-corrected chi connectivity index (χ0v) is 8.07. The van der Waals surface area contributed by atoms with Gasteiger partial charge in [-0.25, -0.2) is 9.78 Å². The van der Waals surface area contributed by atoms with Gasteiger partial charge in [-0.15, -0.1) is 0 Å². The second kappa shape index (κ2) is 3.95. The van der Waals surface area contributed by atoms with Crippen LogP contribution >= 0.6 is 0 Å². The van der Waals surface area contributed by atoms with Crippen LogP contribution in [0.2, 0.25) is 0 Å². The SMILES string of the molecule is CCOc1nc(C)c(N)cc1C(=O)O. The molecule has 0 aromatic carbocycles. The van der Waals surface area contributed by atoms with Crippen LogP contribution in [0.1, 0.15) is 23.0 Å². The molecule has 5 nitrogen and oxygen atoms in total. The van der Waals surface area contributed by atoms with Gasteiger partial charge in [-0.3, -0.25) is 0 Å². The number of hydrogen-bond donors (Lipinski definition) is 2. The molecule has 0 fully saturated rings. The molecule has 3 N–H and O–H groups in total. The van der Waals surface area contributed by atoms with Gasteiger partial charge >= 0.3 is 5.97 Å². The first-order valence-corrected chi connectivity index (χ1v) is 4.19. The number of aromatic carboxylic acids is 1. The van der Waals surface area contributed by atoms with Gasteiger partial charge in [0.25, 0.3) is 0 Å². The molecular weight excluding hydrogens is 184 g/mol. The first-order chi connectivity index (χ1) is 6.56. The molecule has 0 radical (unpaired) electrons. The van der Waals surface area contributed by atoms with Crippen LogP contribution in [0.4, 0.5) is 5.69 Å². The number of hydrogen-bond acceptors (Lipinski definition) is 4. The lowest BCUT2D eigenvalue weighted by Crippen LogP contribution is -2.07. The molecule has 1 heterocycles. The van der Waals surface area contributed by atoms with Crippen LogP contribution in [0.5, 0.6) is 5.88 Å². The minimum absolute atomic E-state index is 0.00468. The summed E-state index contributed by atoms with van der Waals surface area (Å²) in [5.41, 5.74) is 6.46. The predicted octanol–water partition coefficient (Wildman–Crippen LogP) is 1.07. The van der Waals surface area contributed by atoms with Crippen molar-refractivity contribution in [3.8, 4) is 5.88 Å². The molecule has 0 saturated carbocycles. The van der Waals surface area contributed by atoms with Crippen molar-refractivity contribution in [3.63, 3.8) is 0 Å². The quantitative estimate of drug-likeness (QED) is 0.755. The second-order valence-electron chi connectivity index (χ2n) is 2.75. The molecular formula is C9H12N2O3. The zero-order chi connectivity index (χ0) is 10.7. The summed E-state index contributed by atoms with van der Waals surface area (Å²) in [6, 6.07) is 1.36. The van der Waals surface area contributed by atoms with Crippen LogP contribution in [-0.2, 0) is 0 Å². The third kappa shape index (κ3) is 1.93. The molecule has 1 aromatic rings. The van der Waals surface area contributed by atoms with Crippen LogP contribution in [0.3, 0.4) is 0 Å². The number of aromatic nitrogens is 1. The van der Waals surface area contributed by atoms with E-state index in [0.717, 1.165) is 0 Å². The van der Waals surface area contributed by atoms with E-state index in [1.165, 1.54) is 6.07 Å². The van der Waals surface area contributed by atoms with Gasteiger partial charge in [0.1, 0.15) is 5.56 Å². The molecule has 0 spiro atoms. The normalized spacial score (nSPS) is 9.86. The smallest absolute Gasteiger partial charge is 0.341 e. The molecule has 0 unspecified atom stereocenters. The number of carboxylic acid groups (broad SMARTS) is 1. The van der Waals surface area contributed by atoms with Crippen molar-refractivity contribution in [1.82, 2.24) is 4.98 Å². The highest BCUT2D eigenvalue weighted by Crippen LogP contribution is 2.20. The minimum atomic E-state index is -1.09. The first-order valence-electron chi connectivity index (χ1n) is 4.19. The van der Waals surface area contributed by atoms with E-state index in [2.05, 4.69) is 4.98 Å². The fraction of sp³-hybridized carbons (Fsp3) is 0.333. The number of aryl methyl sites for hydroxylation is 1. The number of anilines is 1. The fourth-order valence-corrected chi connectivity index (χ4v) is 0.999. The second-order valence-corrected chi connectivity index (χ2v) is 2.75. The molecule has 0 aliphatic rings. The lowest BCUT2D eigenvalue weighted by atomic mass is 10.2. The average Bonchev–Trinajstić information content (AvgIpc) is 2.11. The number of ether oxygens (including phenoxy) is 1. The molecule has 0 aliphatic carbocycles. The van der Waals surface area contributed by atoms with E-state index in [4.69, 9.17) is 15.6 Å². The average molecular weight is 196 g/mol. The van der Waals surface area contributed by atoms with E-state index in [1.807, 2.05) is 0 Å². The summed E-state index contributed by atoms with van der Waals surface area (Å²) in [7, 11) is 0. The van der Waals surface area contributed by atoms with Gasteiger partial charge in [-0.1, -0.05) is 0 Å². The Bertz CT molecular complexity index is 363. The fourth-order valence-electron chi connectivity index (χ4n) is 0.999. The molecule has 1 aromatic heterocycles. The minimum Gasteiger partial charge on any atom is -0.477 e. The van der Waals surface area contributed by atoms with Crippen molar-refractivity contribution >= 4 is 11.7 Å². The van der Waals surface area contributed by atoms with Crippen molar-refractivity contribution in [3.05, 3.63) is 17.3 Å². The maximum absolute atomic E-state index is 10.8. The lowest BCUT2D eigenvalue weighted by molar-refractivity contribution is 0.0691. The number of nitrogens with two attached hydrogens (primary N) is 1. The molecule has 0 amide bonds. The third-order valence-corrected chi connectivity index (χ3v) is 1.73. The lowest BCUT2D eigenvalue weighted by Gasteiger charge is -2.08. The van der Waals surface area contributed by atoms with E-state index in [9.17, 15) is 4.79 Å². The Morgan fingerprint density at radius 1 is 1.71 bits per heavy atom. The number of carboxylic acids is 1. The van der Waals surface area contributed by atoms with Gasteiger partial charge in [0, 0.05) is 0 Å². The molecule has 0 bridgehead atoms. The van der Waals surface area contributed by atoms with Crippen molar-refractivity contribution in [2.24, 2.45) is 0 Å². The molecule has 0 atom stereocenters. The maximum Gasteiger partial charge on any atom is 0.341 e. The van der Waals surface area contributed by atoms with E-state index in [1.54, 1.807) is 13.8 Å². The molecule has 1 rings (SSSR count). The van der Waals surface area contributed by atoms with E-state index in [-0.39, 0.29) is 11.4 Å². The summed E-state index contributed by atoms with van der Waals surface area (Å²) < 4.78 is 5.09. The molecule has 76 valence electrons. The van der Waals surface area contributed by atoms with Gasteiger partial charge in [0.2, 0.25) is 5.88 Å². The van der Waals surface area contributed by atoms with Crippen molar-refractivity contribution in [1.29, 1.82) is 0 Å². The van der Waals surface area contributed by atoms with Crippen LogP contribution in [0.15, 0.2) is 6.07 Å². The standard InChI is InChI=1S/C9H12N2O3/c1-3-14-8-6(9(12)13)4-7(10)5(2)11-8/h4H,3,10H2,1-2H3,(H,12,13). The molecule has 14 heavy (non-hydrogen) atoms. The zero-order valence-electron chi connectivity index (χ0n) is 8.07. The van der Waals surface area contributed by atoms with E-state index >= 15 is 0 Å². The van der Waals surface area contributed by atoms with Crippen LogP contribution < -0.4 is 10.5 Å². The summed E-state index contributed by atoms with van der Waals surface area (Å²) >= 11 is 0. The van der Waals surface area contributed by atoms with E-state index in [0.29, 0.717) is 18.0 Å². The van der Waals surface area contributed by atoms with Gasteiger partial charge < -0.3 is 15.6 Å². The monoisotopic (exact) mass is 196 g/mol. The summed E-state index contributed by atoms with van der Waals surface area (Å²) in [6.45, 7) is 3.83. The van der Waals surface area contributed by atoms with Crippen LogP contribution in [0.25, 0.3) is 0 Å². The van der Waals surface area contributed by atoms with Crippen molar-refractivity contribution < 1.29 is 14.6 Å². The Hall–Kier alpha value is -1.78. The Kier molecular flexibility index (Phi) is 2.91.